The summed E-state index contributed by atoms with van der Waals surface area (Å²) in [6, 6.07) is 14.4. The first-order valence-electron chi connectivity index (χ1n) is 14.2. The maximum Gasteiger partial charge on any atom is 0.410 e. The van der Waals surface area contributed by atoms with Crippen LogP contribution in [-0.4, -0.2) is 49.4 Å². The number of benzene rings is 1. The van der Waals surface area contributed by atoms with Gasteiger partial charge in [0.15, 0.2) is 0 Å². The topological polar surface area (TPSA) is 100 Å². The van der Waals surface area contributed by atoms with Crippen molar-refractivity contribution in [2.45, 2.75) is 71.7 Å². The minimum atomic E-state index is -0.480. The molecule has 41 heavy (non-hydrogen) atoms. The first-order chi connectivity index (χ1) is 19.7. The molecule has 0 aliphatic carbocycles. The van der Waals surface area contributed by atoms with Gasteiger partial charge in [0.05, 0.1) is 35.6 Å². The number of piperidine rings is 1. The van der Waals surface area contributed by atoms with Crippen molar-refractivity contribution in [3.05, 3.63) is 82.6 Å². The van der Waals surface area contributed by atoms with Gasteiger partial charge >= 0.3 is 6.09 Å². The number of rotatable bonds is 4. The summed E-state index contributed by atoms with van der Waals surface area (Å²) in [5, 5.41) is 15.4. The minimum absolute atomic E-state index is 0.232. The van der Waals surface area contributed by atoms with Crippen molar-refractivity contribution in [1.82, 2.24) is 24.6 Å². The SMILES string of the molecule is Cc1nn(Cc2ccc(C3CCN(C(=O)OC(C)(C)C)CC3)nc2)c2c1CN(c1ccc(C#N)c3ncccc13)C2. The Hall–Kier alpha value is -4.45. The third-order valence-corrected chi connectivity index (χ3v) is 8.01. The molecule has 2 aliphatic rings. The van der Waals surface area contributed by atoms with E-state index in [0.717, 1.165) is 59.5 Å². The second-order valence-corrected chi connectivity index (χ2v) is 12.0. The average molecular weight is 550 g/mol. The summed E-state index contributed by atoms with van der Waals surface area (Å²) in [5.41, 5.74) is 7.62. The van der Waals surface area contributed by atoms with Crippen LogP contribution < -0.4 is 4.90 Å². The molecule has 0 radical (unpaired) electrons. The van der Waals surface area contributed by atoms with Gasteiger partial charge in [0.25, 0.3) is 0 Å². The maximum absolute atomic E-state index is 12.4. The van der Waals surface area contributed by atoms with Gasteiger partial charge in [-0.2, -0.15) is 10.4 Å². The number of fused-ring (bicyclic) bond motifs is 2. The molecule has 0 spiro atoms. The summed E-state index contributed by atoms with van der Waals surface area (Å²) in [5.74, 6) is 0.337. The van der Waals surface area contributed by atoms with Crippen LogP contribution in [0.15, 0.2) is 48.8 Å². The second kappa shape index (κ2) is 10.5. The van der Waals surface area contributed by atoms with Crippen LogP contribution in [0, 0.1) is 18.3 Å². The Labute approximate surface area is 240 Å². The number of nitriles is 1. The van der Waals surface area contributed by atoms with Crippen LogP contribution in [0.25, 0.3) is 10.9 Å². The number of anilines is 1. The molecule has 4 aromatic rings. The molecular weight excluding hydrogens is 514 g/mol. The lowest BCUT2D eigenvalue weighted by Crippen LogP contribution is -2.41. The van der Waals surface area contributed by atoms with Crippen molar-refractivity contribution < 1.29 is 9.53 Å². The van der Waals surface area contributed by atoms with Crippen molar-refractivity contribution in [2.75, 3.05) is 18.0 Å². The summed E-state index contributed by atoms with van der Waals surface area (Å²) in [4.78, 5) is 25.8. The molecule has 3 aromatic heterocycles. The fourth-order valence-electron chi connectivity index (χ4n) is 5.93. The highest BCUT2D eigenvalue weighted by Crippen LogP contribution is 2.35. The van der Waals surface area contributed by atoms with Crippen molar-refractivity contribution in [3.8, 4) is 6.07 Å². The number of carbonyl (C=O) groups excluding carboxylic acids is 1. The standard InChI is InChI=1S/C32H35N7O2/c1-21-26-19-38(28-10-8-24(16-33)30-25(28)6-5-13-34-30)20-29(26)39(36-21)18-22-7-9-27(35-17-22)23-11-14-37(15-12-23)31(40)41-32(2,3)4/h5-10,13,17,23H,11-12,14-15,18-20H2,1-4H3. The largest absolute Gasteiger partial charge is 0.444 e. The molecule has 6 rings (SSSR count). The Balaban J connectivity index is 1.13. The van der Waals surface area contributed by atoms with Crippen molar-refractivity contribution in [3.63, 3.8) is 0 Å². The van der Waals surface area contributed by atoms with Crippen LogP contribution in [-0.2, 0) is 24.4 Å². The molecule has 1 saturated heterocycles. The fraction of sp³-hybridized carbons (Fsp3) is 0.406. The highest BCUT2D eigenvalue weighted by Gasteiger charge is 2.29. The van der Waals surface area contributed by atoms with Gasteiger partial charge in [-0.05, 0) is 76.4 Å². The van der Waals surface area contributed by atoms with E-state index in [1.54, 1.807) is 11.1 Å². The van der Waals surface area contributed by atoms with Crippen LogP contribution in [0.1, 0.15) is 73.3 Å². The lowest BCUT2D eigenvalue weighted by atomic mass is 9.93. The number of hydrogen-bond acceptors (Lipinski definition) is 7. The number of aryl methyl sites for hydroxylation is 1. The average Bonchev–Trinajstić information content (AvgIpc) is 3.52. The number of ether oxygens (including phenoxy) is 1. The summed E-state index contributed by atoms with van der Waals surface area (Å²) in [6.07, 6.45) is 5.23. The van der Waals surface area contributed by atoms with Gasteiger partial charge in [0.1, 0.15) is 11.7 Å². The van der Waals surface area contributed by atoms with Crippen LogP contribution in [0.2, 0.25) is 0 Å². The number of hydrogen-bond donors (Lipinski definition) is 0. The zero-order valence-corrected chi connectivity index (χ0v) is 24.1. The van der Waals surface area contributed by atoms with Gasteiger partial charge in [-0.3, -0.25) is 14.6 Å². The Kier molecular flexibility index (Phi) is 6.86. The zero-order valence-electron chi connectivity index (χ0n) is 24.1. The normalized spacial score (nSPS) is 15.7. The van der Waals surface area contributed by atoms with Gasteiger partial charge in [-0.15, -0.1) is 0 Å². The number of amides is 1. The number of aromatic nitrogens is 4. The van der Waals surface area contributed by atoms with E-state index in [1.807, 2.05) is 51.2 Å². The molecule has 0 bridgehead atoms. The molecule has 0 N–H and O–H groups in total. The second-order valence-electron chi connectivity index (χ2n) is 12.0. The third kappa shape index (κ3) is 5.34. The van der Waals surface area contributed by atoms with Crippen molar-refractivity contribution in [2.24, 2.45) is 0 Å². The minimum Gasteiger partial charge on any atom is -0.444 e. The molecular formula is C32H35N7O2. The maximum atomic E-state index is 12.4. The fourth-order valence-corrected chi connectivity index (χ4v) is 5.93. The number of pyridine rings is 2. The van der Waals surface area contributed by atoms with E-state index in [-0.39, 0.29) is 6.09 Å². The third-order valence-electron chi connectivity index (χ3n) is 8.01. The molecule has 5 heterocycles. The van der Waals surface area contributed by atoms with E-state index in [4.69, 9.17) is 14.8 Å². The summed E-state index contributed by atoms with van der Waals surface area (Å²) in [7, 11) is 0. The number of likely N-dealkylation sites (tertiary alicyclic amines) is 1. The van der Waals surface area contributed by atoms with E-state index in [9.17, 15) is 10.1 Å². The van der Waals surface area contributed by atoms with E-state index in [1.165, 1.54) is 11.3 Å². The Morgan fingerprint density at radius 3 is 2.61 bits per heavy atom. The molecule has 9 nitrogen and oxygen atoms in total. The number of carbonyl (C=O) groups is 1. The van der Waals surface area contributed by atoms with E-state index in [0.29, 0.717) is 31.1 Å². The molecule has 0 atom stereocenters. The smallest absolute Gasteiger partial charge is 0.410 e. The van der Waals surface area contributed by atoms with Gasteiger partial charge in [-0.25, -0.2) is 4.79 Å². The predicted molar refractivity (Wildman–Crippen MR) is 156 cm³/mol. The molecule has 210 valence electrons. The summed E-state index contributed by atoms with van der Waals surface area (Å²) >= 11 is 0. The highest BCUT2D eigenvalue weighted by molar-refractivity contribution is 5.95. The molecule has 9 heteroatoms. The number of nitrogens with zero attached hydrogens (tertiary/aromatic N) is 7. The van der Waals surface area contributed by atoms with Crippen molar-refractivity contribution >= 4 is 22.7 Å². The highest BCUT2D eigenvalue weighted by atomic mass is 16.6. The first kappa shape index (κ1) is 26.8. The Morgan fingerprint density at radius 2 is 1.90 bits per heavy atom. The molecule has 1 fully saturated rings. The van der Waals surface area contributed by atoms with E-state index < -0.39 is 5.60 Å². The Bertz CT molecular complexity index is 1640. The quantitative estimate of drug-likeness (QED) is 0.322. The summed E-state index contributed by atoms with van der Waals surface area (Å²) in [6.45, 7) is 11.3. The molecule has 2 aliphatic heterocycles. The molecule has 0 unspecified atom stereocenters. The van der Waals surface area contributed by atoms with Crippen LogP contribution in [0.3, 0.4) is 0 Å². The first-order valence-corrected chi connectivity index (χ1v) is 14.2. The lowest BCUT2D eigenvalue weighted by molar-refractivity contribution is 0.0204. The summed E-state index contributed by atoms with van der Waals surface area (Å²) < 4.78 is 7.63. The van der Waals surface area contributed by atoms with Gasteiger partial charge in [0.2, 0.25) is 0 Å². The van der Waals surface area contributed by atoms with Crippen molar-refractivity contribution in [1.29, 1.82) is 5.26 Å². The van der Waals surface area contributed by atoms with Gasteiger partial charge < -0.3 is 14.5 Å². The van der Waals surface area contributed by atoms with Crippen LogP contribution >= 0.6 is 0 Å². The van der Waals surface area contributed by atoms with Gasteiger partial charge in [-0.1, -0.05) is 6.07 Å². The molecule has 1 aromatic carbocycles. The zero-order chi connectivity index (χ0) is 28.7. The lowest BCUT2D eigenvalue weighted by Gasteiger charge is -2.33. The van der Waals surface area contributed by atoms with Crippen LogP contribution in [0.4, 0.5) is 10.5 Å². The van der Waals surface area contributed by atoms with E-state index >= 15 is 0 Å². The monoisotopic (exact) mass is 549 g/mol. The molecule has 1 amide bonds. The predicted octanol–water partition coefficient (Wildman–Crippen LogP) is 5.69. The van der Waals surface area contributed by atoms with E-state index in [2.05, 4.69) is 39.7 Å². The van der Waals surface area contributed by atoms with Crippen LogP contribution in [0.5, 0.6) is 0 Å². The van der Waals surface area contributed by atoms with Gasteiger partial charge in [0, 0.05) is 60.3 Å². The Morgan fingerprint density at radius 1 is 1.10 bits per heavy atom. The molecule has 0 saturated carbocycles.